The highest BCUT2D eigenvalue weighted by Gasteiger charge is 2.33. The Labute approximate surface area is 206 Å². The molecular weight excluding hydrogens is 452 g/mol. The highest BCUT2D eigenvalue weighted by atomic mass is 16.4. The van der Waals surface area contributed by atoms with Crippen molar-refractivity contribution in [3.63, 3.8) is 0 Å². The predicted molar refractivity (Wildman–Crippen MR) is 131 cm³/mol. The van der Waals surface area contributed by atoms with E-state index in [0.717, 1.165) is 13.0 Å². The third-order valence-corrected chi connectivity index (χ3v) is 5.95. The van der Waals surface area contributed by atoms with Gasteiger partial charge in [0.15, 0.2) is 0 Å². The lowest BCUT2D eigenvalue weighted by molar-refractivity contribution is -0.142. The van der Waals surface area contributed by atoms with Crippen molar-refractivity contribution in [3.05, 3.63) is 29.8 Å². The Morgan fingerprint density at radius 3 is 2.14 bits per heavy atom. The van der Waals surface area contributed by atoms with Gasteiger partial charge in [-0.2, -0.15) is 0 Å². The number of hydrogen-bond acceptors (Lipinski definition) is 6. The van der Waals surface area contributed by atoms with Crippen LogP contribution in [-0.4, -0.2) is 64.6 Å². The molecular formula is C25H38N4O6. The number of carboxylic acids is 1. The van der Waals surface area contributed by atoms with E-state index < -0.39 is 35.9 Å². The molecule has 1 aromatic carbocycles. The van der Waals surface area contributed by atoms with Crippen molar-refractivity contribution in [2.45, 2.75) is 77.5 Å². The van der Waals surface area contributed by atoms with Crippen LogP contribution in [0, 0.1) is 11.8 Å². The van der Waals surface area contributed by atoms with Crippen LogP contribution in [0.1, 0.15) is 52.5 Å². The van der Waals surface area contributed by atoms with Gasteiger partial charge >= 0.3 is 5.97 Å². The molecule has 0 aromatic heterocycles. The topological polar surface area (TPSA) is 157 Å². The van der Waals surface area contributed by atoms with Gasteiger partial charge in [-0.05, 0) is 55.3 Å². The van der Waals surface area contributed by atoms with Gasteiger partial charge in [0.05, 0.1) is 6.04 Å². The molecule has 4 unspecified atom stereocenters. The van der Waals surface area contributed by atoms with E-state index >= 15 is 0 Å². The molecule has 10 nitrogen and oxygen atoms in total. The molecule has 0 aliphatic carbocycles. The lowest BCUT2D eigenvalue weighted by Gasteiger charge is -2.27. The summed E-state index contributed by atoms with van der Waals surface area (Å²) in [4.78, 5) is 50.5. The third-order valence-electron chi connectivity index (χ3n) is 5.95. The van der Waals surface area contributed by atoms with Crippen molar-refractivity contribution in [2.75, 3.05) is 6.54 Å². The average molecular weight is 491 g/mol. The van der Waals surface area contributed by atoms with Crippen molar-refractivity contribution in [3.8, 4) is 5.75 Å². The number of amides is 3. The normalized spacial score (nSPS) is 18.1. The molecule has 1 fully saturated rings. The van der Waals surface area contributed by atoms with Gasteiger partial charge in [0.2, 0.25) is 17.7 Å². The standard InChI is InChI=1S/C25H38N4O6/c1-14(2)12-19(27-22(31)18-6-5-11-26-18)23(32)29-21(15(3)4)24(33)28-20(25(34)35)13-16-7-9-17(30)10-8-16/h7-10,14-15,18-21,26,30H,5-6,11-13H2,1-4H3,(H,27,31)(H,28,33)(H,29,32)(H,34,35). The molecule has 4 atom stereocenters. The lowest BCUT2D eigenvalue weighted by atomic mass is 9.99. The molecule has 1 aromatic rings. The highest BCUT2D eigenvalue weighted by molar-refractivity contribution is 5.94. The van der Waals surface area contributed by atoms with Gasteiger partial charge in [-0.1, -0.05) is 39.8 Å². The van der Waals surface area contributed by atoms with Gasteiger partial charge in [0.1, 0.15) is 23.9 Å². The molecule has 6 N–H and O–H groups in total. The van der Waals surface area contributed by atoms with E-state index in [1.54, 1.807) is 26.0 Å². The van der Waals surface area contributed by atoms with Gasteiger partial charge < -0.3 is 31.5 Å². The average Bonchev–Trinajstić information content (AvgIpc) is 3.32. The van der Waals surface area contributed by atoms with E-state index in [2.05, 4.69) is 21.3 Å². The number of nitrogens with one attached hydrogen (secondary N) is 4. The Hall–Kier alpha value is -3.14. The van der Waals surface area contributed by atoms with Crippen LogP contribution in [0.4, 0.5) is 0 Å². The largest absolute Gasteiger partial charge is 0.508 e. The summed E-state index contributed by atoms with van der Waals surface area (Å²) in [5.41, 5.74) is 0.626. The Balaban J connectivity index is 2.08. The molecule has 3 amide bonds. The van der Waals surface area contributed by atoms with Crippen molar-refractivity contribution in [2.24, 2.45) is 11.8 Å². The molecule has 10 heteroatoms. The van der Waals surface area contributed by atoms with Gasteiger partial charge in [-0.3, -0.25) is 14.4 Å². The number of rotatable bonds is 12. The zero-order valence-electron chi connectivity index (χ0n) is 20.8. The number of hydrogen-bond donors (Lipinski definition) is 6. The maximum atomic E-state index is 13.1. The molecule has 1 heterocycles. The monoisotopic (exact) mass is 490 g/mol. The van der Waals surface area contributed by atoms with Crippen LogP contribution in [0.25, 0.3) is 0 Å². The number of phenolic OH excluding ortho intramolecular Hbond substituents is 1. The number of carbonyl (C=O) groups excluding carboxylic acids is 3. The molecule has 1 aliphatic rings. The van der Waals surface area contributed by atoms with Gasteiger partial charge in [0, 0.05) is 6.42 Å². The van der Waals surface area contributed by atoms with Crippen LogP contribution < -0.4 is 21.3 Å². The fourth-order valence-corrected chi connectivity index (χ4v) is 4.00. The Bertz CT molecular complexity index is 880. The number of aliphatic carboxylic acids is 1. The number of carbonyl (C=O) groups is 4. The van der Waals surface area contributed by atoms with Crippen molar-refractivity contribution < 1.29 is 29.4 Å². The summed E-state index contributed by atoms with van der Waals surface area (Å²) in [7, 11) is 0. The second-order valence-corrected chi connectivity index (χ2v) is 9.84. The highest BCUT2D eigenvalue weighted by Crippen LogP contribution is 2.13. The maximum absolute atomic E-state index is 13.1. The quantitative estimate of drug-likeness (QED) is 0.254. The summed E-state index contributed by atoms with van der Waals surface area (Å²) < 4.78 is 0. The first kappa shape index (κ1) is 28.1. The second kappa shape index (κ2) is 13.1. The molecule has 194 valence electrons. The SMILES string of the molecule is CC(C)CC(NC(=O)C1CCCN1)C(=O)NC(C(=O)NC(Cc1ccc(O)cc1)C(=O)O)C(C)C. The minimum Gasteiger partial charge on any atom is -0.508 e. The summed E-state index contributed by atoms with van der Waals surface area (Å²) >= 11 is 0. The van der Waals surface area contributed by atoms with Crippen LogP contribution in [0.2, 0.25) is 0 Å². The third kappa shape index (κ3) is 8.86. The van der Waals surface area contributed by atoms with Gasteiger partial charge in [-0.15, -0.1) is 0 Å². The van der Waals surface area contributed by atoms with E-state index in [0.29, 0.717) is 18.4 Å². The molecule has 2 rings (SSSR count). The minimum atomic E-state index is -1.22. The Kier molecular flexibility index (Phi) is 10.5. The number of phenols is 1. The van der Waals surface area contributed by atoms with Gasteiger partial charge in [0.25, 0.3) is 0 Å². The molecule has 0 radical (unpaired) electrons. The van der Waals surface area contributed by atoms with E-state index in [1.165, 1.54) is 12.1 Å². The fourth-order valence-electron chi connectivity index (χ4n) is 4.00. The second-order valence-electron chi connectivity index (χ2n) is 9.84. The maximum Gasteiger partial charge on any atom is 0.326 e. The van der Waals surface area contributed by atoms with E-state index in [9.17, 15) is 29.4 Å². The zero-order chi connectivity index (χ0) is 26.1. The number of benzene rings is 1. The van der Waals surface area contributed by atoms with Crippen molar-refractivity contribution >= 4 is 23.7 Å². The first-order valence-corrected chi connectivity index (χ1v) is 12.1. The smallest absolute Gasteiger partial charge is 0.326 e. The summed E-state index contributed by atoms with van der Waals surface area (Å²) in [5.74, 6) is -2.71. The van der Waals surface area contributed by atoms with Crippen LogP contribution in [-0.2, 0) is 25.6 Å². The molecule has 0 bridgehead atoms. The fraction of sp³-hybridized carbons (Fsp3) is 0.600. The summed E-state index contributed by atoms with van der Waals surface area (Å²) in [6.07, 6.45) is 2.01. The van der Waals surface area contributed by atoms with Crippen molar-refractivity contribution in [1.29, 1.82) is 0 Å². The first-order valence-electron chi connectivity index (χ1n) is 12.1. The van der Waals surface area contributed by atoms with Crippen molar-refractivity contribution in [1.82, 2.24) is 21.3 Å². The van der Waals surface area contributed by atoms with E-state index in [4.69, 9.17) is 0 Å². The molecule has 1 saturated heterocycles. The Morgan fingerprint density at radius 1 is 0.971 bits per heavy atom. The minimum absolute atomic E-state index is 0.0144. The summed E-state index contributed by atoms with van der Waals surface area (Å²) in [5, 5.41) is 30.2. The van der Waals surface area contributed by atoms with Crippen LogP contribution in [0.3, 0.4) is 0 Å². The van der Waals surface area contributed by atoms with Crippen LogP contribution >= 0.6 is 0 Å². The molecule has 0 saturated carbocycles. The summed E-state index contributed by atoms with van der Waals surface area (Å²) in [6, 6.07) is 2.69. The molecule has 35 heavy (non-hydrogen) atoms. The number of carboxylic acid groups (broad SMARTS) is 1. The number of aromatic hydroxyl groups is 1. The molecule has 1 aliphatic heterocycles. The predicted octanol–water partition coefficient (Wildman–Crippen LogP) is 0.928. The lowest BCUT2D eigenvalue weighted by Crippen LogP contribution is -2.58. The van der Waals surface area contributed by atoms with Crippen LogP contribution in [0.5, 0.6) is 5.75 Å². The van der Waals surface area contributed by atoms with Gasteiger partial charge in [-0.25, -0.2) is 4.79 Å². The molecule has 0 spiro atoms. The zero-order valence-corrected chi connectivity index (χ0v) is 20.8. The summed E-state index contributed by atoms with van der Waals surface area (Å²) in [6.45, 7) is 8.13. The van der Waals surface area contributed by atoms with E-state index in [1.807, 2.05) is 13.8 Å². The Morgan fingerprint density at radius 2 is 1.63 bits per heavy atom. The van der Waals surface area contributed by atoms with Crippen LogP contribution in [0.15, 0.2) is 24.3 Å². The first-order chi connectivity index (χ1) is 16.5. The van der Waals surface area contributed by atoms with E-state index in [-0.39, 0.29) is 36.0 Å².